The van der Waals surface area contributed by atoms with Gasteiger partial charge in [0.1, 0.15) is 11.5 Å². The van der Waals surface area contributed by atoms with Crippen LogP contribution >= 0.6 is 0 Å². The highest BCUT2D eigenvalue weighted by Crippen LogP contribution is 2.52. The van der Waals surface area contributed by atoms with Gasteiger partial charge in [-0.15, -0.1) is 0 Å². The molecule has 0 bridgehead atoms. The summed E-state index contributed by atoms with van der Waals surface area (Å²) < 4.78 is 7.52. The summed E-state index contributed by atoms with van der Waals surface area (Å²) in [5.74, 6) is 2.97. The van der Waals surface area contributed by atoms with Crippen molar-refractivity contribution in [2.45, 2.75) is 181 Å². The molecule has 2 aliphatic carbocycles. The maximum absolute atomic E-state index is 7.52. The molecule has 2 fully saturated rings. The average Bonchev–Trinajstić information content (AvgIpc) is 0.830. The number of fused-ring (bicyclic) bond motifs is 4. The third-order valence-corrected chi connectivity index (χ3v) is 19.7. The summed E-state index contributed by atoms with van der Waals surface area (Å²) in [6.45, 7) is 28.0. The van der Waals surface area contributed by atoms with Crippen LogP contribution in [0.3, 0.4) is 0 Å². The average molecular weight is 1110 g/mol. The lowest BCUT2D eigenvalue weighted by Crippen LogP contribution is -2.59. The molecule has 9 aromatic rings. The Hall–Kier alpha value is -7.36. The number of hydrogen-bond acceptors (Lipinski definition) is 2. The quantitative estimate of drug-likeness (QED) is 0.141. The molecule has 0 saturated heterocycles. The number of nitrogens with zero attached hydrogens (tertiary/aromatic N) is 1. The highest BCUT2D eigenvalue weighted by molar-refractivity contribution is 6.99. The number of hydrogen-bond donors (Lipinski definition) is 0. The second-order valence-corrected chi connectivity index (χ2v) is 29.9. The minimum Gasteiger partial charge on any atom is -0.458 e. The van der Waals surface area contributed by atoms with Crippen molar-refractivity contribution >= 4 is 40.2 Å². The van der Waals surface area contributed by atoms with E-state index >= 15 is 0 Å². The zero-order valence-electron chi connectivity index (χ0n) is 53.0. The molecule has 2 nitrogen and oxygen atoms in total. The summed E-state index contributed by atoms with van der Waals surface area (Å²) in [5, 5.41) is 0. The fourth-order valence-corrected chi connectivity index (χ4v) is 14.5. The van der Waals surface area contributed by atoms with Gasteiger partial charge in [0.2, 0.25) is 0 Å². The molecule has 0 N–H and O–H groups in total. The second kappa shape index (κ2) is 21.9. The predicted molar refractivity (Wildman–Crippen MR) is 366 cm³/mol. The third kappa shape index (κ3) is 11.0. The normalized spacial score (nSPS) is 15.7. The molecule has 0 aromatic heterocycles. The van der Waals surface area contributed by atoms with E-state index in [1.165, 1.54) is 175 Å². The maximum atomic E-state index is 7.52. The van der Waals surface area contributed by atoms with Crippen molar-refractivity contribution in [3.63, 3.8) is 0 Å². The van der Waals surface area contributed by atoms with Crippen LogP contribution in [0.25, 0.3) is 55.6 Å². The van der Waals surface area contributed by atoms with E-state index in [9.17, 15) is 0 Å². The van der Waals surface area contributed by atoms with E-state index in [1.807, 2.05) is 0 Å². The van der Waals surface area contributed by atoms with Gasteiger partial charge in [0, 0.05) is 22.5 Å². The lowest BCUT2D eigenvalue weighted by molar-refractivity contribution is 0.443. The first-order valence-corrected chi connectivity index (χ1v) is 32.3. The van der Waals surface area contributed by atoms with Gasteiger partial charge in [-0.3, -0.25) is 0 Å². The van der Waals surface area contributed by atoms with Gasteiger partial charge in [0.05, 0.1) is 5.69 Å². The van der Waals surface area contributed by atoms with Crippen LogP contribution in [0.1, 0.15) is 193 Å². The lowest BCUT2D eigenvalue weighted by Gasteiger charge is -2.42. The van der Waals surface area contributed by atoms with Gasteiger partial charge in [0.15, 0.2) is 0 Å². The van der Waals surface area contributed by atoms with Crippen LogP contribution in [0.2, 0.25) is 0 Å². The SMILES string of the molecule is CC(C)(C)c1cc(-c2ccc3c(c2)B2c4cc(-c5cc(C(C)(C)C)cc(C(C)(C)C)c5)ccc4N(c4c(-c5cccc(C6CCCCC6)c5)cccc4-c4cccc(C5CCCCC5)c4)c4cc(-c5ccccc5)cc(c42)O3)cc(C(C)(C)C)c1. The van der Waals surface area contributed by atoms with Gasteiger partial charge in [-0.25, -0.2) is 0 Å². The minimum absolute atomic E-state index is 0.0273. The first-order valence-electron chi connectivity index (χ1n) is 32.3. The van der Waals surface area contributed by atoms with Crippen molar-refractivity contribution in [1.29, 1.82) is 0 Å². The van der Waals surface area contributed by atoms with Crippen LogP contribution in [0.4, 0.5) is 17.1 Å². The standard InChI is InChI=1S/C82H88BNO/c1-79(2,3)65-43-62(44-66(51-65)80(4,5)6)58-37-39-73-71(47-58)83-72-48-59(63-45-67(81(7,8)9)52-68(46-63)82(10,11)12)38-40-75(72)85-76-50-64(55-29-20-15-21-30-55)49-74(77(76)83)84(73)78-69(60-33-22-31-56(41-60)53-25-16-13-17-26-53)35-24-36-70(78)61-34-23-32-57(42-61)54-27-18-14-19-28-54/h15,20-24,29-54H,13-14,16-19,25-28H2,1-12H3. The number of anilines is 3. The fourth-order valence-electron chi connectivity index (χ4n) is 14.5. The van der Waals surface area contributed by atoms with E-state index in [1.54, 1.807) is 0 Å². The number of rotatable bonds is 8. The molecule has 0 amide bonds. The molecule has 430 valence electrons. The van der Waals surface area contributed by atoms with Crippen LogP contribution in [0, 0.1) is 0 Å². The second-order valence-electron chi connectivity index (χ2n) is 29.9. The molecule has 9 aromatic carbocycles. The Morgan fingerprint density at radius 3 is 1.28 bits per heavy atom. The largest absolute Gasteiger partial charge is 0.458 e. The Morgan fingerprint density at radius 1 is 0.341 bits per heavy atom. The molecular formula is C82H88BNO. The van der Waals surface area contributed by atoms with Crippen LogP contribution in [-0.4, -0.2) is 6.71 Å². The van der Waals surface area contributed by atoms with Gasteiger partial charge in [-0.1, -0.05) is 279 Å². The van der Waals surface area contributed by atoms with Crippen molar-refractivity contribution in [3.05, 3.63) is 215 Å². The maximum Gasteiger partial charge on any atom is 0.256 e. The molecule has 85 heavy (non-hydrogen) atoms. The Kier molecular flexibility index (Phi) is 14.6. The van der Waals surface area contributed by atoms with Crippen molar-refractivity contribution in [3.8, 4) is 67.1 Å². The molecule has 2 heterocycles. The molecule has 0 unspecified atom stereocenters. The topological polar surface area (TPSA) is 12.5 Å². The van der Waals surface area contributed by atoms with Gasteiger partial charge in [-0.05, 0) is 178 Å². The Labute approximate surface area is 510 Å². The molecule has 2 aliphatic heterocycles. The van der Waals surface area contributed by atoms with E-state index in [0.29, 0.717) is 11.8 Å². The molecule has 13 rings (SSSR count). The van der Waals surface area contributed by atoms with Gasteiger partial charge in [0.25, 0.3) is 6.71 Å². The van der Waals surface area contributed by atoms with Crippen molar-refractivity contribution in [2.24, 2.45) is 0 Å². The Morgan fingerprint density at radius 2 is 0.788 bits per heavy atom. The summed E-state index contributed by atoms with van der Waals surface area (Å²) >= 11 is 0. The van der Waals surface area contributed by atoms with Gasteiger partial charge < -0.3 is 9.64 Å². The molecule has 3 heteroatoms. The predicted octanol–water partition coefficient (Wildman–Crippen LogP) is 21.7. The van der Waals surface area contributed by atoms with E-state index in [4.69, 9.17) is 4.74 Å². The molecule has 0 atom stereocenters. The van der Waals surface area contributed by atoms with Crippen LogP contribution in [0.5, 0.6) is 11.5 Å². The first-order chi connectivity index (χ1) is 40.6. The smallest absolute Gasteiger partial charge is 0.256 e. The number of ether oxygens (including phenoxy) is 1. The monoisotopic (exact) mass is 1110 g/mol. The molecule has 0 radical (unpaired) electrons. The molecule has 2 saturated carbocycles. The molecule has 0 spiro atoms. The number of benzene rings is 9. The van der Waals surface area contributed by atoms with Crippen molar-refractivity contribution < 1.29 is 4.74 Å². The third-order valence-electron chi connectivity index (χ3n) is 19.7. The highest BCUT2D eigenvalue weighted by Gasteiger charge is 2.44. The van der Waals surface area contributed by atoms with Gasteiger partial charge >= 0.3 is 0 Å². The zero-order chi connectivity index (χ0) is 59.2. The van der Waals surface area contributed by atoms with E-state index in [-0.39, 0.29) is 28.4 Å². The van der Waals surface area contributed by atoms with Crippen LogP contribution in [-0.2, 0) is 21.7 Å². The van der Waals surface area contributed by atoms with Crippen LogP contribution < -0.4 is 26.0 Å². The summed E-state index contributed by atoms with van der Waals surface area (Å²) in [6.07, 6.45) is 12.9. The Balaban J connectivity index is 1.12. The van der Waals surface area contributed by atoms with E-state index in [2.05, 4.69) is 270 Å². The zero-order valence-corrected chi connectivity index (χ0v) is 53.0. The van der Waals surface area contributed by atoms with Gasteiger partial charge in [-0.2, -0.15) is 0 Å². The highest BCUT2D eigenvalue weighted by atomic mass is 16.5. The molecular weight excluding hydrogens is 1030 g/mol. The summed E-state index contributed by atoms with van der Waals surface area (Å²) in [6, 6.07) is 71.6. The van der Waals surface area contributed by atoms with E-state index < -0.39 is 0 Å². The summed E-state index contributed by atoms with van der Waals surface area (Å²) in [5.41, 5.74) is 27.7. The number of para-hydroxylation sites is 1. The Bertz CT molecular complexity index is 3850. The van der Waals surface area contributed by atoms with Crippen molar-refractivity contribution in [2.75, 3.05) is 4.90 Å². The molecule has 4 aliphatic rings. The van der Waals surface area contributed by atoms with E-state index in [0.717, 1.165) is 22.7 Å². The summed E-state index contributed by atoms with van der Waals surface area (Å²) in [7, 11) is 0. The van der Waals surface area contributed by atoms with Crippen molar-refractivity contribution in [1.82, 2.24) is 0 Å². The lowest BCUT2D eigenvalue weighted by atomic mass is 9.34. The van der Waals surface area contributed by atoms with Crippen LogP contribution in [0.15, 0.2) is 182 Å². The first kappa shape index (κ1) is 56.8. The minimum atomic E-state index is -0.148. The fraction of sp³-hybridized carbons (Fsp3) is 0.341. The summed E-state index contributed by atoms with van der Waals surface area (Å²) in [4.78, 5) is 2.69.